The molecule has 1 aromatic rings. The Morgan fingerprint density at radius 3 is 2.62 bits per heavy atom. The van der Waals surface area contributed by atoms with Gasteiger partial charge in [-0.15, -0.1) is 12.4 Å². The van der Waals surface area contributed by atoms with Gasteiger partial charge in [0.1, 0.15) is 0 Å². The van der Waals surface area contributed by atoms with E-state index in [1.807, 2.05) is 12.1 Å². The second-order valence-electron chi connectivity index (χ2n) is 2.58. The van der Waals surface area contributed by atoms with Crippen LogP contribution in [-0.2, 0) is 5.75 Å². The SMILES string of the molecule is Cc1ccccc1CSC(=N)N.Cl. The van der Waals surface area contributed by atoms with E-state index in [-0.39, 0.29) is 17.6 Å². The Labute approximate surface area is 88.8 Å². The van der Waals surface area contributed by atoms with Crippen LogP contribution in [0.2, 0.25) is 0 Å². The molecule has 0 bridgehead atoms. The number of nitrogens with two attached hydrogens (primary N) is 1. The Morgan fingerprint density at radius 2 is 2.08 bits per heavy atom. The van der Waals surface area contributed by atoms with E-state index in [1.54, 1.807) is 0 Å². The molecule has 0 atom stereocenters. The maximum absolute atomic E-state index is 7.05. The van der Waals surface area contributed by atoms with Crippen molar-refractivity contribution in [2.45, 2.75) is 12.7 Å². The summed E-state index contributed by atoms with van der Waals surface area (Å²) in [6, 6.07) is 8.14. The molecule has 0 unspecified atom stereocenters. The molecule has 0 radical (unpaired) electrons. The Morgan fingerprint density at radius 1 is 1.46 bits per heavy atom. The molecular weight excluding hydrogens is 204 g/mol. The molecule has 0 aliphatic carbocycles. The highest BCUT2D eigenvalue weighted by atomic mass is 35.5. The van der Waals surface area contributed by atoms with E-state index in [2.05, 4.69) is 19.1 Å². The quantitative estimate of drug-likeness (QED) is 0.590. The van der Waals surface area contributed by atoms with Crippen LogP contribution in [0.15, 0.2) is 24.3 Å². The summed E-state index contributed by atoms with van der Waals surface area (Å²) < 4.78 is 0. The number of rotatable bonds is 2. The van der Waals surface area contributed by atoms with Gasteiger partial charge in [-0.05, 0) is 18.1 Å². The monoisotopic (exact) mass is 216 g/mol. The fraction of sp³-hybridized carbons (Fsp3) is 0.222. The van der Waals surface area contributed by atoms with Crippen LogP contribution in [0.25, 0.3) is 0 Å². The Hall–Kier alpha value is -0.670. The first-order valence-corrected chi connectivity index (χ1v) is 4.70. The van der Waals surface area contributed by atoms with Gasteiger partial charge in [0.15, 0.2) is 5.17 Å². The van der Waals surface area contributed by atoms with Crippen molar-refractivity contribution in [3.8, 4) is 0 Å². The summed E-state index contributed by atoms with van der Waals surface area (Å²) in [7, 11) is 0. The first kappa shape index (κ1) is 12.3. The molecule has 0 saturated carbocycles. The third-order valence-electron chi connectivity index (χ3n) is 1.64. The predicted molar refractivity (Wildman–Crippen MR) is 61.6 cm³/mol. The average Bonchev–Trinajstić information content (AvgIpc) is 2.03. The minimum atomic E-state index is 0. The van der Waals surface area contributed by atoms with E-state index >= 15 is 0 Å². The number of nitrogens with one attached hydrogen (secondary N) is 1. The molecule has 0 aromatic heterocycles. The Bertz CT molecular complexity index is 289. The van der Waals surface area contributed by atoms with Crippen molar-refractivity contribution in [1.82, 2.24) is 0 Å². The van der Waals surface area contributed by atoms with Crippen LogP contribution >= 0.6 is 24.2 Å². The molecule has 0 aliphatic rings. The van der Waals surface area contributed by atoms with Crippen molar-refractivity contribution in [3.05, 3.63) is 35.4 Å². The lowest BCUT2D eigenvalue weighted by molar-refractivity contribution is 1.31. The fourth-order valence-corrected chi connectivity index (χ4v) is 1.56. The molecule has 1 rings (SSSR count). The molecule has 0 heterocycles. The zero-order valence-electron chi connectivity index (χ0n) is 7.41. The van der Waals surface area contributed by atoms with Gasteiger partial charge >= 0.3 is 0 Å². The van der Waals surface area contributed by atoms with E-state index in [0.717, 1.165) is 5.75 Å². The van der Waals surface area contributed by atoms with Crippen LogP contribution < -0.4 is 5.73 Å². The summed E-state index contributed by atoms with van der Waals surface area (Å²) in [5.74, 6) is 0.794. The molecule has 72 valence electrons. The molecule has 0 fully saturated rings. The summed E-state index contributed by atoms with van der Waals surface area (Å²) in [5.41, 5.74) is 7.74. The zero-order valence-corrected chi connectivity index (χ0v) is 9.04. The predicted octanol–water partition coefficient (Wildman–Crippen LogP) is 2.54. The van der Waals surface area contributed by atoms with Gasteiger partial charge in [-0.2, -0.15) is 0 Å². The number of hydrogen-bond donors (Lipinski definition) is 2. The third kappa shape index (κ3) is 4.20. The molecular formula is C9H13ClN2S. The van der Waals surface area contributed by atoms with Crippen molar-refractivity contribution in [2.75, 3.05) is 0 Å². The van der Waals surface area contributed by atoms with Crippen molar-refractivity contribution in [1.29, 1.82) is 5.41 Å². The standard InChI is InChI=1S/C9H12N2S.ClH/c1-7-4-2-3-5-8(7)6-12-9(10)11;/h2-5H,6H2,1H3,(H3,10,11);1H. The summed E-state index contributed by atoms with van der Waals surface area (Å²) in [6.45, 7) is 2.07. The molecule has 0 aliphatic heterocycles. The van der Waals surface area contributed by atoms with Gasteiger partial charge in [0.25, 0.3) is 0 Å². The van der Waals surface area contributed by atoms with Gasteiger partial charge in [0.2, 0.25) is 0 Å². The van der Waals surface area contributed by atoms with Crippen LogP contribution in [-0.4, -0.2) is 5.17 Å². The molecule has 1 aromatic carbocycles. The second-order valence-corrected chi connectivity index (χ2v) is 3.60. The molecule has 0 saturated heterocycles. The normalized spacial score (nSPS) is 9.00. The number of benzene rings is 1. The Kier molecular flexibility index (Phi) is 5.58. The van der Waals surface area contributed by atoms with Crippen molar-refractivity contribution < 1.29 is 0 Å². The van der Waals surface area contributed by atoms with Gasteiger partial charge in [-0.3, -0.25) is 5.41 Å². The lowest BCUT2D eigenvalue weighted by Gasteiger charge is -2.02. The van der Waals surface area contributed by atoms with E-state index in [0.29, 0.717) is 0 Å². The van der Waals surface area contributed by atoms with Crippen LogP contribution in [0.3, 0.4) is 0 Å². The molecule has 4 heteroatoms. The van der Waals surface area contributed by atoms with Crippen LogP contribution in [0.4, 0.5) is 0 Å². The Balaban J connectivity index is 0.00000144. The first-order chi connectivity index (χ1) is 5.70. The van der Waals surface area contributed by atoms with Gasteiger partial charge in [-0.1, -0.05) is 36.0 Å². The van der Waals surface area contributed by atoms with E-state index in [9.17, 15) is 0 Å². The van der Waals surface area contributed by atoms with Gasteiger partial charge in [-0.25, -0.2) is 0 Å². The lowest BCUT2D eigenvalue weighted by Crippen LogP contribution is -2.04. The van der Waals surface area contributed by atoms with Gasteiger partial charge < -0.3 is 5.73 Å². The number of amidine groups is 1. The topological polar surface area (TPSA) is 49.9 Å². The van der Waals surface area contributed by atoms with Crippen LogP contribution in [0.5, 0.6) is 0 Å². The van der Waals surface area contributed by atoms with Crippen LogP contribution in [0.1, 0.15) is 11.1 Å². The van der Waals surface area contributed by atoms with Crippen molar-refractivity contribution in [3.63, 3.8) is 0 Å². The van der Waals surface area contributed by atoms with Gasteiger partial charge in [0.05, 0.1) is 0 Å². The highest BCUT2D eigenvalue weighted by Gasteiger charge is 1.97. The minimum Gasteiger partial charge on any atom is -0.379 e. The molecule has 0 spiro atoms. The summed E-state index contributed by atoms with van der Waals surface area (Å²) in [4.78, 5) is 0. The lowest BCUT2D eigenvalue weighted by atomic mass is 10.1. The highest BCUT2D eigenvalue weighted by molar-refractivity contribution is 8.13. The van der Waals surface area contributed by atoms with E-state index in [4.69, 9.17) is 11.1 Å². The van der Waals surface area contributed by atoms with E-state index in [1.165, 1.54) is 22.9 Å². The molecule has 2 nitrogen and oxygen atoms in total. The summed E-state index contributed by atoms with van der Waals surface area (Å²) in [6.07, 6.45) is 0. The average molecular weight is 217 g/mol. The highest BCUT2D eigenvalue weighted by Crippen LogP contribution is 2.14. The number of thioether (sulfide) groups is 1. The smallest absolute Gasteiger partial charge is 0.151 e. The fourth-order valence-electron chi connectivity index (χ4n) is 0.928. The molecule has 3 N–H and O–H groups in total. The third-order valence-corrected chi connectivity index (χ3v) is 2.41. The number of aryl methyl sites for hydroxylation is 1. The maximum Gasteiger partial charge on any atom is 0.151 e. The molecule has 13 heavy (non-hydrogen) atoms. The van der Waals surface area contributed by atoms with Crippen molar-refractivity contribution in [2.24, 2.45) is 5.73 Å². The van der Waals surface area contributed by atoms with E-state index < -0.39 is 0 Å². The van der Waals surface area contributed by atoms with Crippen LogP contribution in [0, 0.1) is 12.3 Å². The minimum absolute atomic E-state index is 0. The number of halogens is 1. The summed E-state index contributed by atoms with van der Waals surface area (Å²) in [5, 5.41) is 7.23. The van der Waals surface area contributed by atoms with Gasteiger partial charge in [0, 0.05) is 5.75 Å². The number of hydrogen-bond acceptors (Lipinski definition) is 2. The largest absolute Gasteiger partial charge is 0.379 e. The zero-order chi connectivity index (χ0) is 8.97. The maximum atomic E-state index is 7.05. The second kappa shape index (κ2) is 5.89. The van der Waals surface area contributed by atoms with Crippen molar-refractivity contribution >= 4 is 29.3 Å². The first-order valence-electron chi connectivity index (χ1n) is 3.71. The molecule has 0 amide bonds. The summed E-state index contributed by atoms with van der Waals surface area (Å²) >= 11 is 1.36.